The van der Waals surface area contributed by atoms with Gasteiger partial charge in [-0.3, -0.25) is 9.59 Å². The van der Waals surface area contributed by atoms with E-state index in [1.807, 2.05) is 18.2 Å². The Morgan fingerprint density at radius 2 is 1.84 bits per heavy atom. The molecule has 0 aliphatic rings. The average Bonchev–Trinajstić information content (AvgIpc) is 3.11. The molecule has 1 heterocycles. The number of esters is 1. The molecule has 3 aromatic rings. The predicted octanol–water partition coefficient (Wildman–Crippen LogP) is 4.14. The molecular formula is C22H24N2O5S2. The molecule has 0 fully saturated rings. The molecule has 1 aromatic heterocycles. The van der Waals surface area contributed by atoms with Crippen molar-refractivity contribution in [3.63, 3.8) is 0 Å². The van der Waals surface area contributed by atoms with Crippen LogP contribution in [0.2, 0.25) is 0 Å². The summed E-state index contributed by atoms with van der Waals surface area (Å²) < 4.78 is 18.5. The zero-order chi connectivity index (χ0) is 22.4. The number of ether oxygens (including phenoxy) is 3. The van der Waals surface area contributed by atoms with Crippen molar-refractivity contribution in [3.8, 4) is 11.5 Å². The highest BCUT2D eigenvalue weighted by atomic mass is 32.2. The molecule has 0 aliphatic carbocycles. The summed E-state index contributed by atoms with van der Waals surface area (Å²) in [6.45, 7) is 3.96. The fraction of sp³-hybridized carbons (Fsp3) is 0.318. The van der Waals surface area contributed by atoms with Crippen molar-refractivity contribution in [1.29, 1.82) is 0 Å². The first kappa shape index (κ1) is 22.9. The van der Waals surface area contributed by atoms with Crippen molar-refractivity contribution < 1.29 is 23.8 Å². The lowest BCUT2D eigenvalue weighted by Crippen LogP contribution is -2.23. The number of hydrogen-bond acceptors (Lipinski definition) is 7. The van der Waals surface area contributed by atoms with Crippen molar-refractivity contribution in [2.24, 2.45) is 4.99 Å². The summed E-state index contributed by atoms with van der Waals surface area (Å²) in [6, 6.07) is 10.9. The van der Waals surface area contributed by atoms with Gasteiger partial charge in [0.1, 0.15) is 28.3 Å². The predicted molar refractivity (Wildman–Crippen MR) is 122 cm³/mol. The smallest absolute Gasteiger partial charge is 0.326 e. The lowest BCUT2D eigenvalue weighted by atomic mass is 10.2. The third kappa shape index (κ3) is 5.11. The van der Waals surface area contributed by atoms with Gasteiger partial charge in [0.15, 0.2) is 4.80 Å². The molecule has 31 heavy (non-hydrogen) atoms. The fourth-order valence-corrected chi connectivity index (χ4v) is 4.91. The second-order valence-corrected chi connectivity index (χ2v) is 8.62. The van der Waals surface area contributed by atoms with Gasteiger partial charge in [-0.1, -0.05) is 24.3 Å². The molecule has 3 rings (SSSR count). The van der Waals surface area contributed by atoms with Gasteiger partial charge in [0.25, 0.3) is 5.91 Å². The van der Waals surface area contributed by atoms with E-state index in [9.17, 15) is 9.59 Å². The second kappa shape index (κ2) is 10.5. The zero-order valence-electron chi connectivity index (χ0n) is 17.8. The van der Waals surface area contributed by atoms with Gasteiger partial charge in [-0.25, -0.2) is 0 Å². The van der Waals surface area contributed by atoms with E-state index >= 15 is 0 Å². The van der Waals surface area contributed by atoms with Crippen LogP contribution in [0, 0.1) is 0 Å². The maximum absolute atomic E-state index is 13.0. The summed E-state index contributed by atoms with van der Waals surface area (Å²) in [5.41, 5.74) is 1.11. The van der Waals surface area contributed by atoms with Crippen LogP contribution in [0.15, 0.2) is 46.3 Å². The molecule has 7 nitrogen and oxygen atoms in total. The molecule has 0 N–H and O–H groups in total. The average molecular weight is 461 g/mol. The summed E-state index contributed by atoms with van der Waals surface area (Å²) in [7, 11) is 3.11. The molecule has 9 heteroatoms. The Balaban J connectivity index is 2.19. The van der Waals surface area contributed by atoms with Gasteiger partial charge in [-0.05, 0) is 43.0 Å². The van der Waals surface area contributed by atoms with Crippen LogP contribution in [0.4, 0.5) is 0 Å². The number of carbonyl (C=O) groups excluding carboxylic acids is 2. The number of benzene rings is 2. The molecular weight excluding hydrogens is 436 g/mol. The quantitative estimate of drug-likeness (QED) is 0.371. The minimum Gasteiger partial charge on any atom is -0.495 e. The Kier molecular flexibility index (Phi) is 7.75. The number of thioether (sulfide) groups is 1. The minimum absolute atomic E-state index is 0.102. The minimum atomic E-state index is -0.428. The van der Waals surface area contributed by atoms with E-state index in [0.717, 1.165) is 15.3 Å². The molecule has 0 aliphatic heterocycles. The van der Waals surface area contributed by atoms with E-state index in [1.165, 1.54) is 11.3 Å². The van der Waals surface area contributed by atoms with E-state index in [2.05, 4.69) is 11.9 Å². The van der Waals surface area contributed by atoms with Crippen LogP contribution in [0.5, 0.6) is 11.5 Å². The van der Waals surface area contributed by atoms with Crippen LogP contribution < -0.4 is 14.3 Å². The molecule has 1 amide bonds. The number of thiazole rings is 1. The van der Waals surface area contributed by atoms with Gasteiger partial charge < -0.3 is 18.8 Å². The van der Waals surface area contributed by atoms with Gasteiger partial charge in [0.2, 0.25) is 0 Å². The SMILES string of the molecule is CCOC(=O)Cn1c(=NC(=O)c2cccc(SCC)c2)sc2c(OC)ccc(OC)c21. The van der Waals surface area contributed by atoms with E-state index in [1.54, 1.807) is 55.7 Å². The third-order valence-corrected chi connectivity index (χ3v) is 6.34. The van der Waals surface area contributed by atoms with E-state index in [4.69, 9.17) is 14.2 Å². The number of rotatable bonds is 8. The Morgan fingerprint density at radius 1 is 1.10 bits per heavy atom. The molecule has 2 aromatic carbocycles. The summed E-state index contributed by atoms with van der Waals surface area (Å²) in [6.07, 6.45) is 0. The van der Waals surface area contributed by atoms with Gasteiger partial charge in [0, 0.05) is 10.5 Å². The first-order valence-corrected chi connectivity index (χ1v) is 11.5. The number of carbonyl (C=O) groups is 2. The maximum atomic E-state index is 13.0. The summed E-state index contributed by atoms with van der Waals surface area (Å²) >= 11 is 2.91. The van der Waals surface area contributed by atoms with Crippen LogP contribution >= 0.6 is 23.1 Å². The lowest BCUT2D eigenvalue weighted by molar-refractivity contribution is -0.143. The van der Waals surface area contributed by atoms with Crippen LogP contribution in [-0.4, -0.2) is 43.0 Å². The van der Waals surface area contributed by atoms with Crippen molar-refractivity contribution in [1.82, 2.24) is 4.57 Å². The Morgan fingerprint density at radius 3 is 2.52 bits per heavy atom. The summed E-state index contributed by atoms with van der Waals surface area (Å²) in [4.78, 5) is 31.0. The zero-order valence-corrected chi connectivity index (χ0v) is 19.5. The highest BCUT2D eigenvalue weighted by Crippen LogP contribution is 2.35. The number of methoxy groups -OCH3 is 2. The molecule has 0 bridgehead atoms. The molecule has 0 spiro atoms. The largest absolute Gasteiger partial charge is 0.495 e. The first-order valence-electron chi connectivity index (χ1n) is 9.74. The summed E-state index contributed by atoms with van der Waals surface area (Å²) in [5, 5.41) is 0. The molecule has 0 saturated heterocycles. The molecule has 0 atom stereocenters. The van der Waals surface area contributed by atoms with Gasteiger partial charge >= 0.3 is 5.97 Å². The Hall–Kier alpha value is -2.78. The second-order valence-electron chi connectivity index (χ2n) is 6.30. The van der Waals surface area contributed by atoms with E-state index in [-0.39, 0.29) is 19.1 Å². The number of nitrogens with zero attached hydrogens (tertiary/aromatic N) is 2. The van der Waals surface area contributed by atoms with Gasteiger partial charge in [0.05, 0.1) is 20.8 Å². The number of amides is 1. The van der Waals surface area contributed by atoms with Crippen molar-refractivity contribution in [3.05, 3.63) is 46.8 Å². The fourth-order valence-electron chi connectivity index (χ4n) is 3.06. The number of hydrogen-bond donors (Lipinski definition) is 0. The molecule has 164 valence electrons. The van der Waals surface area contributed by atoms with Gasteiger partial charge in [-0.2, -0.15) is 4.99 Å². The van der Waals surface area contributed by atoms with Crippen molar-refractivity contribution >= 4 is 45.2 Å². The van der Waals surface area contributed by atoms with Crippen LogP contribution in [0.3, 0.4) is 0 Å². The Labute approximate surface area is 188 Å². The van der Waals surface area contributed by atoms with Gasteiger partial charge in [-0.15, -0.1) is 11.8 Å². The highest BCUT2D eigenvalue weighted by molar-refractivity contribution is 7.99. The van der Waals surface area contributed by atoms with E-state index in [0.29, 0.717) is 27.4 Å². The van der Waals surface area contributed by atoms with Crippen LogP contribution in [-0.2, 0) is 16.1 Å². The number of aromatic nitrogens is 1. The van der Waals surface area contributed by atoms with Crippen molar-refractivity contribution in [2.75, 3.05) is 26.6 Å². The third-order valence-electron chi connectivity index (χ3n) is 4.37. The van der Waals surface area contributed by atoms with E-state index < -0.39 is 5.97 Å². The molecule has 0 unspecified atom stereocenters. The van der Waals surface area contributed by atoms with Crippen LogP contribution in [0.1, 0.15) is 24.2 Å². The standard InChI is InChI=1S/C22H24N2O5S2/c1-5-29-18(25)13-24-19-16(27-3)10-11-17(28-4)20(19)31-22(24)23-21(26)14-8-7-9-15(12-14)30-6-2/h7-12H,5-6,13H2,1-4H3. The molecule has 0 saturated carbocycles. The molecule has 0 radical (unpaired) electrons. The topological polar surface area (TPSA) is 79.1 Å². The number of fused-ring (bicyclic) bond motifs is 1. The highest BCUT2D eigenvalue weighted by Gasteiger charge is 2.19. The van der Waals surface area contributed by atoms with Crippen molar-refractivity contribution in [2.45, 2.75) is 25.3 Å². The normalized spacial score (nSPS) is 11.5. The lowest BCUT2D eigenvalue weighted by Gasteiger charge is -2.10. The Bertz CT molecular complexity index is 1170. The first-order chi connectivity index (χ1) is 15.0. The summed E-state index contributed by atoms with van der Waals surface area (Å²) in [5.74, 6) is 1.24. The monoisotopic (exact) mass is 460 g/mol. The van der Waals surface area contributed by atoms with Crippen LogP contribution in [0.25, 0.3) is 10.2 Å². The maximum Gasteiger partial charge on any atom is 0.326 e.